The number of hydrogen-bond acceptors (Lipinski definition) is 5. The van der Waals surface area contributed by atoms with Gasteiger partial charge in [0.2, 0.25) is 5.91 Å². The first-order chi connectivity index (χ1) is 12.9. The van der Waals surface area contributed by atoms with Crippen LogP contribution in [0.4, 0.5) is 5.69 Å². The number of methoxy groups -OCH3 is 1. The van der Waals surface area contributed by atoms with Crippen LogP contribution in [0.25, 0.3) is 10.1 Å². The summed E-state index contributed by atoms with van der Waals surface area (Å²) in [6, 6.07) is 11.8. The van der Waals surface area contributed by atoms with Gasteiger partial charge in [0.25, 0.3) is 5.91 Å². The SMILES string of the molecule is COc1ccc2c(Cl)c(C(=O)NC(=S)Nc3ccc(C(N)=O)cc3)sc2c1. The normalized spacial score (nSPS) is 10.4. The Balaban J connectivity index is 1.72. The van der Waals surface area contributed by atoms with Crippen LogP contribution in [0.1, 0.15) is 20.0 Å². The maximum Gasteiger partial charge on any atom is 0.269 e. The van der Waals surface area contributed by atoms with Gasteiger partial charge in [-0.15, -0.1) is 11.3 Å². The summed E-state index contributed by atoms with van der Waals surface area (Å²) in [6.07, 6.45) is 0. The van der Waals surface area contributed by atoms with Crippen LogP contribution >= 0.6 is 35.2 Å². The minimum atomic E-state index is -0.520. The van der Waals surface area contributed by atoms with Crippen molar-refractivity contribution in [2.24, 2.45) is 5.73 Å². The van der Waals surface area contributed by atoms with Crippen LogP contribution in [0.3, 0.4) is 0 Å². The lowest BCUT2D eigenvalue weighted by Crippen LogP contribution is -2.33. The molecule has 6 nitrogen and oxygen atoms in total. The number of primary amides is 1. The number of anilines is 1. The number of carbonyl (C=O) groups is 2. The first kappa shape index (κ1) is 19.1. The molecule has 4 N–H and O–H groups in total. The lowest BCUT2D eigenvalue weighted by molar-refractivity contribution is 0.0978. The quantitative estimate of drug-likeness (QED) is 0.559. The molecule has 2 aromatic carbocycles. The molecule has 0 unspecified atom stereocenters. The van der Waals surface area contributed by atoms with Crippen LogP contribution in [-0.4, -0.2) is 24.0 Å². The summed E-state index contributed by atoms with van der Waals surface area (Å²) in [7, 11) is 1.57. The molecule has 0 aliphatic rings. The number of carbonyl (C=O) groups excluding carboxylic acids is 2. The minimum absolute atomic E-state index is 0.109. The molecule has 0 saturated carbocycles. The van der Waals surface area contributed by atoms with Crippen molar-refractivity contribution in [1.29, 1.82) is 0 Å². The van der Waals surface area contributed by atoms with Gasteiger partial charge in [0, 0.05) is 21.3 Å². The summed E-state index contributed by atoms with van der Waals surface area (Å²) >= 11 is 12.8. The van der Waals surface area contributed by atoms with E-state index in [2.05, 4.69) is 10.6 Å². The first-order valence-electron chi connectivity index (χ1n) is 7.67. The second-order valence-corrected chi connectivity index (χ2v) is 7.30. The van der Waals surface area contributed by atoms with E-state index in [-0.39, 0.29) is 5.11 Å². The number of ether oxygens (including phenoxy) is 1. The molecule has 0 saturated heterocycles. The van der Waals surface area contributed by atoms with Gasteiger partial charge in [0.1, 0.15) is 10.6 Å². The molecule has 1 heterocycles. The summed E-state index contributed by atoms with van der Waals surface area (Å²) in [5.74, 6) is -0.246. The van der Waals surface area contributed by atoms with Crippen LogP contribution in [0, 0.1) is 0 Å². The molecule has 9 heteroatoms. The van der Waals surface area contributed by atoms with E-state index in [4.69, 9.17) is 34.3 Å². The van der Waals surface area contributed by atoms with Crippen molar-refractivity contribution in [3.63, 3.8) is 0 Å². The summed E-state index contributed by atoms with van der Waals surface area (Å²) in [5.41, 5.74) is 6.18. The highest BCUT2D eigenvalue weighted by molar-refractivity contribution is 7.80. The Morgan fingerprint density at radius 3 is 2.52 bits per heavy atom. The van der Waals surface area contributed by atoms with E-state index in [1.54, 1.807) is 43.5 Å². The number of nitrogens with one attached hydrogen (secondary N) is 2. The predicted octanol–water partition coefficient (Wildman–Crippen LogP) is 3.79. The molecule has 1 aromatic heterocycles. The van der Waals surface area contributed by atoms with Gasteiger partial charge in [0.05, 0.1) is 12.1 Å². The van der Waals surface area contributed by atoms with E-state index in [0.29, 0.717) is 26.9 Å². The molecule has 0 aliphatic carbocycles. The predicted molar refractivity (Wildman–Crippen MR) is 112 cm³/mol. The van der Waals surface area contributed by atoms with Crippen LogP contribution in [0.15, 0.2) is 42.5 Å². The molecule has 0 spiro atoms. The standard InChI is InChI=1S/C18H14ClN3O3S2/c1-25-11-6-7-12-13(8-11)27-15(14(12)19)17(24)22-18(26)21-10-4-2-9(3-5-10)16(20)23/h2-8H,1H3,(H2,20,23)(H2,21,22,24,26). The van der Waals surface area contributed by atoms with Crippen LogP contribution in [-0.2, 0) is 0 Å². The molecule has 0 bridgehead atoms. The molecule has 0 aliphatic heterocycles. The van der Waals surface area contributed by atoms with Crippen LogP contribution in [0.2, 0.25) is 5.02 Å². The zero-order valence-electron chi connectivity index (χ0n) is 14.0. The number of thiocarbonyl (C=S) groups is 1. The number of thiophene rings is 1. The van der Waals surface area contributed by atoms with Gasteiger partial charge in [-0.05, 0) is 54.7 Å². The summed E-state index contributed by atoms with van der Waals surface area (Å²) < 4.78 is 6.03. The minimum Gasteiger partial charge on any atom is -0.497 e. The first-order valence-corrected chi connectivity index (χ1v) is 9.27. The maximum atomic E-state index is 12.5. The number of fused-ring (bicyclic) bond motifs is 1. The maximum absolute atomic E-state index is 12.5. The van der Waals surface area contributed by atoms with E-state index >= 15 is 0 Å². The summed E-state index contributed by atoms with van der Waals surface area (Å²) in [6.45, 7) is 0. The lowest BCUT2D eigenvalue weighted by atomic mass is 10.2. The van der Waals surface area contributed by atoms with Crippen molar-refractivity contribution in [3.8, 4) is 5.75 Å². The van der Waals surface area contributed by atoms with Crippen molar-refractivity contribution in [3.05, 3.63) is 57.9 Å². The number of halogens is 1. The highest BCUT2D eigenvalue weighted by atomic mass is 35.5. The lowest BCUT2D eigenvalue weighted by Gasteiger charge is -2.09. The molecule has 0 atom stereocenters. The third kappa shape index (κ3) is 4.19. The molecular weight excluding hydrogens is 406 g/mol. The van der Waals surface area contributed by atoms with Gasteiger partial charge in [-0.1, -0.05) is 11.6 Å². The van der Waals surface area contributed by atoms with Gasteiger partial charge < -0.3 is 15.8 Å². The van der Waals surface area contributed by atoms with Crippen molar-refractivity contribution in [2.75, 3.05) is 12.4 Å². The van der Waals surface area contributed by atoms with Crippen LogP contribution in [0.5, 0.6) is 5.75 Å². The second kappa shape index (κ2) is 7.91. The summed E-state index contributed by atoms with van der Waals surface area (Å²) in [5, 5.41) is 6.71. The van der Waals surface area contributed by atoms with Crippen molar-refractivity contribution in [1.82, 2.24) is 5.32 Å². The molecule has 138 valence electrons. The van der Waals surface area contributed by atoms with Gasteiger partial charge in [0.15, 0.2) is 5.11 Å². The van der Waals surface area contributed by atoms with E-state index in [9.17, 15) is 9.59 Å². The highest BCUT2D eigenvalue weighted by Gasteiger charge is 2.18. The fraction of sp³-hybridized carbons (Fsp3) is 0.0556. The van der Waals surface area contributed by atoms with Crippen LogP contribution < -0.4 is 21.1 Å². The van der Waals surface area contributed by atoms with E-state index in [0.717, 1.165) is 10.1 Å². The third-order valence-electron chi connectivity index (χ3n) is 3.70. The number of amides is 2. The van der Waals surface area contributed by atoms with Gasteiger partial charge >= 0.3 is 0 Å². The Morgan fingerprint density at radius 1 is 1.19 bits per heavy atom. The van der Waals surface area contributed by atoms with Gasteiger partial charge in [-0.25, -0.2) is 0 Å². The monoisotopic (exact) mass is 419 g/mol. The number of benzene rings is 2. The Labute approximate surface area is 169 Å². The Morgan fingerprint density at radius 2 is 1.89 bits per heavy atom. The largest absolute Gasteiger partial charge is 0.497 e. The number of hydrogen-bond donors (Lipinski definition) is 3. The van der Waals surface area contributed by atoms with E-state index < -0.39 is 11.8 Å². The average molecular weight is 420 g/mol. The molecule has 3 rings (SSSR count). The van der Waals surface area contributed by atoms with Crippen molar-refractivity contribution in [2.45, 2.75) is 0 Å². The molecular formula is C18H14ClN3O3S2. The molecule has 0 radical (unpaired) electrons. The number of rotatable bonds is 4. The van der Waals surface area contributed by atoms with Crippen molar-refractivity contribution < 1.29 is 14.3 Å². The zero-order chi connectivity index (χ0) is 19.6. The molecule has 0 fully saturated rings. The zero-order valence-corrected chi connectivity index (χ0v) is 16.4. The third-order valence-corrected chi connectivity index (χ3v) is 5.56. The smallest absolute Gasteiger partial charge is 0.269 e. The fourth-order valence-corrected chi connectivity index (χ4v) is 4.01. The van der Waals surface area contributed by atoms with E-state index in [1.165, 1.54) is 11.3 Å². The second-order valence-electron chi connectivity index (χ2n) is 5.46. The average Bonchev–Trinajstić information content (AvgIpc) is 2.98. The summed E-state index contributed by atoms with van der Waals surface area (Å²) in [4.78, 5) is 24.0. The Hall–Kier alpha value is -2.68. The van der Waals surface area contributed by atoms with Gasteiger partial charge in [-0.3, -0.25) is 14.9 Å². The Bertz CT molecular complexity index is 1050. The highest BCUT2D eigenvalue weighted by Crippen LogP contribution is 2.37. The van der Waals surface area contributed by atoms with E-state index in [1.807, 2.05) is 6.07 Å². The molecule has 2 amide bonds. The topological polar surface area (TPSA) is 93.4 Å². The number of nitrogens with two attached hydrogens (primary N) is 1. The molecule has 27 heavy (non-hydrogen) atoms. The molecule has 3 aromatic rings. The van der Waals surface area contributed by atoms with Crippen molar-refractivity contribution >= 4 is 67.9 Å². The Kier molecular flexibility index (Phi) is 5.59. The van der Waals surface area contributed by atoms with Gasteiger partial charge in [-0.2, -0.15) is 0 Å². The fourth-order valence-electron chi connectivity index (χ4n) is 2.36.